The first kappa shape index (κ1) is 25.2. The van der Waals surface area contributed by atoms with Crippen LogP contribution in [0.25, 0.3) is 11.5 Å². The number of rotatable bonds is 8. The minimum absolute atomic E-state index is 0.104. The van der Waals surface area contributed by atoms with E-state index in [9.17, 15) is 4.79 Å². The highest BCUT2D eigenvalue weighted by Gasteiger charge is 2.32. The zero-order chi connectivity index (χ0) is 25.8. The fraction of sp³-hybridized carbons (Fsp3) is 0.536. The number of nitrogens with zero attached hydrogens (tertiary/aromatic N) is 4. The molecule has 2 aliphatic carbocycles. The maximum Gasteiger partial charge on any atom is 0.309 e. The van der Waals surface area contributed by atoms with Gasteiger partial charge in [-0.15, -0.1) is 0 Å². The maximum atomic E-state index is 12.2. The molecule has 0 spiro atoms. The Morgan fingerprint density at radius 3 is 2.59 bits per heavy atom. The zero-order valence-corrected chi connectivity index (χ0v) is 21.8. The molecule has 0 aliphatic heterocycles. The first-order chi connectivity index (χ1) is 18.0. The van der Waals surface area contributed by atoms with Crippen molar-refractivity contribution in [3.05, 3.63) is 41.6 Å². The van der Waals surface area contributed by atoms with E-state index in [1.54, 1.807) is 6.20 Å². The van der Waals surface area contributed by atoms with Gasteiger partial charge in [-0.1, -0.05) is 30.8 Å². The molecule has 2 atom stereocenters. The van der Waals surface area contributed by atoms with Crippen LogP contribution in [-0.4, -0.2) is 39.8 Å². The minimum Gasteiger partial charge on any atom is -0.491 e. The van der Waals surface area contributed by atoms with Gasteiger partial charge in [-0.2, -0.15) is 0 Å². The molecule has 3 aromatic heterocycles. The van der Waals surface area contributed by atoms with E-state index in [-0.39, 0.29) is 17.8 Å². The van der Waals surface area contributed by atoms with Crippen molar-refractivity contribution in [2.45, 2.75) is 71.1 Å². The number of hydrogen-bond acceptors (Lipinski definition) is 9. The molecule has 0 aromatic carbocycles. The van der Waals surface area contributed by atoms with Gasteiger partial charge in [0.25, 0.3) is 0 Å². The molecule has 2 saturated carbocycles. The molecule has 9 nitrogen and oxygen atoms in total. The summed E-state index contributed by atoms with van der Waals surface area (Å²) in [5, 5.41) is 7.53. The molecule has 3 heterocycles. The summed E-state index contributed by atoms with van der Waals surface area (Å²) in [6.07, 6.45) is 12.4. The first-order valence-electron chi connectivity index (χ1n) is 13.3. The van der Waals surface area contributed by atoms with Gasteiger partial charge in [-0.3, -0.25) is 9.78 Å². The van der Waals surface area contributed by atoms with Gasteiger partial charge in [0.2, 0.25) is 5.76 Å². The minimum atomic E-state index is -0.141. The number of hydrogen-bond donors (Lipinski definition) is 1. The Morgan fingerprint density at radius 2 is 1.81 bits per heavy atom. The highest BCUT2D eigenvalue weighted by molar-refractivity contribution is 5.76. The molecule has 0 amide bonds. The van der Waals surface area contributed by atoms with Crippen molar-refractivity contribution in [2.75, 3.05) is 19.0 Å². The lowest BCUT2D eigenvalue weighted by Gasteiger charge is -2.29. The van der Waals surface area contributed by atoms with Crippen LogP contribution in [0, 0.1) is 25.7 Å². The fourth-order valence-electron chi connectivity index (χ4n) is 5.57. The summed E-state index contributed by atoms with van der Waals surface area (Å²) in [6, 6.07) is 3.77. The Morgan fingerprint density at radius 1 is 1.03 bits per heavy atom. The van der Waals surface area contributed by atoms with Crippen LogP contribution < -0.4 is 10.1 Å². The lowest BCUT2D eigenvalue weighted by Crippen LogP contribution is -2.32. The second-order valence-corrected chi connectivity index (χ2v) is 10.2. The van der Waals surface area contributed by atoms with Crippen molar-refractivity contribution in [2.24, 2.45) is 11.8 Å². The molecule has 0 unspecified atom stereocenters. The number of aryl methyl sites for hydroxylation is 2. The Labute approximate surface area is 217 Å². The number of nitrogens with one attached hydrogen (secondary N) is 1. The van der Waals surface area contributed by atoms with E-state index in [4.69, 9.17) is 24.0 Å². The summed E-state index contributed by atoms with van der Waals surface area (Å²) in [5.41, 5.74) is 3.86. The summed E-state index contributed by atoms with van der Waals surface area (Å²) in [5.74, 6) is 2.28. The molecule has 9 heteroatoms. The number of ether oxygens (including phenoxy) is 2. The van der Waals surface area contributed by atoms with Gasteiger partial charge in [0.05, 0.1) is 37.2 Å². The number of carbonyl (C=O) groups excluding carboxylic acids is 1. The van der Waals surface area contributed by atoms with Crippen LogP contribution in [0.1, 0.15) is 74.4 Å². The molecule has 0 bridgehead atoms. The van der Waals surface area contributed by atoms with Gasteiger partial charge in [0.15, 0.2) is 0 Å². The normalized spacial score (nSPS) is 20.1. The van der Waals surface area contributed by atoms with E-state index < -0.39 is 0 Å². The van der Waals surface area contributed by atoms with Crippen LogP contribution in [0.5, 0.6) is 5.75 Å². The molecule has 0 saturated heterocycles. The predicted molar refractivity (Wildman–Crippen MR) is 139 cm³/mol. The van der Waals surface area contributed by atoms with Crippen molar-refractivity contribution in [3.63, 3.8) is 0 Å². The van der Waals surface area contributed by atoms with Crippen molar-refractivity contribution in [1.82, 2.24) is 20.1 Å². The van der Waals surface area contributed by atoms with Crippen LogP contribution in [0.15, 0.2) is 29.0 Å². The maximum absolute atomic E-state index is 12.2. The standard InChI is InChI=1S/C28H35N5O4/c1-17-24(36-16-20-10-6-7-11-21(20)28(34)35-3)13-12-22(30-17)27-26(18(2)33-37-27)32-25-15-29-14-23(31-25)19-8-4-5-9-19/h12-15,19-21H,4-11,16H2,1-3H3,(H,31,32)/t20-,21+/m1/s1. The summed E-state index contributed by atoms with van der Waals surface area (Å²) < 4.78 is 16.8. The van der Waals surface area contributed by atoms with Gasteiger partial charge >= 0.3 is 5.97 Å². The largest absolute Gasteiger partial charge is 0.491 e. The number of pyridine rings is 1. The molecule has 0 radical (unpaired) electrons. The Bertz CT molecular complexity index is 1240. The van der Waals surface area contributed by atoms with Gasteiger partial charge < -0.3 is 19.3 Å². The molecule has 196 valence electrons. The van der Waals surface area contributed by atoms with Crippen molar-refractivity contribution in [1.29, 1.82) is 0 Å². The summed E-state index contributed by atoms with van der Waals surface area (Å²) in [7, 11) is 1.45. The van der Waals surface area contributed by atoms with Crippen LogP contribution in [0.3, 0.4) is 0 Å². The SMILES string of the molecule is COC(=O)[C@H]1CCCC[C@@H]1COc1ccc(-c2onc(C)c2Nc2cncc(C3CCCC3)n2)nc1C. The average molecular weight is 506 g/mol. The van der Waals surface area contributed by atoms with Gasteiger partial charge in [-0.25, -0.2) is 9.97 Å². The molecule has 5 rings (SSSR count). The summed E-state index contributed by atoms with van der Waals surface area (Å²) in [6.45, 7) is 4.26. The topological polar surface area (TPSA) is 112 Å². The number of esters is 1. The monoisotopic (exact) mass is 505 g/mol. The van der Waals surface area contributed by atoms with Gasteiger partial charge in [0, 0.05) is 18.0 Å². The van der Waals surface area contributed by atoms with E-state index in [1.807, 2.05) is 32.2 Å². The third-order valence-corrected chi connectivity index (χ3v) is 7.68. The van der Waals surface area contributed by atoms with Crippen molar-refractivity contribution >= 4 is 17.5 Å². The number of methoxy groups -OCH3 is 1. The quantitative estimate of drug-likeness (QED) is 0.374. The molecule has 3 aromatic rings. The molecular weight excluding hydrogens is 470 g/mol. The van der Waals surface area contributed by atoms with Crippen LogP contribution in [-0.2, 0) is 9.53 Å². The summed E-state index contributed by atoms with van der Waals surface area (Å²) in [4.78, 5) is 26.2. The average Bonchev–Trinajstić information content (AvgIpc) is 3.59. The Balaban J connectivity index is 1.30. The molecule has 2 aliphatic rings. The highest BCUT2D eigenvalue weighted by Crippen LogP contribution is 2.36. The van der Waals surface area contributed by atoms with E-state index in [1.165, 1.54) is 20.0 Å². The second kappa shape index (κ2) is 11.3. The van der Waals surface area contributed by atoms with Crippen molar-refractivity contribution < 1.29 is 18.8 Å². The molecule has 37 heavy (non-hydrogen) atoms. The number of carbonyl (C=O) groups is 1. The Hall–Kier alpha value is -3.49. The smallest absolute Gasteiger partial charge is 0.309 e. The first-order valence-corrected chi connectivity index (χ1v) is 13.3. The van der Waals surface area contributed by atoms with E-state index >= 15 is 0 Å². The van der Waals surface area contributed by atoms with Crippen LogP contribution in [0.4, 0.5) is 11.5 Å². The highest BCUT2D eigenvalue weighted by atomic mass is 16.5. The lowest BCUT2D eigenvalue weighted by atomic mass is 9.80. The molecule has 1 N–H and O–H groups in total. The third kappa shape index (κ3) is 5.60. The van der Waals surface area contributed by atoms with E-state index in [0.29, 0.717) is 41.2 Å². The van der Waals surface area contributed by atoms with Crippen LogP contribution in [0.2, 0.25) is 0 Å². The van der Waals surface area contributed by atoms with Crippen LogP contribution >= 0.6 is 0 Å². The predicted octanol–water partition coefficient (Wildman–Crippen LogP) is 5.90. The van der Waals surface area contributed by atoms with E-state index in [0.717, 1.165) is 55.6 Å². The number of anilines is 2. The van der Waals surface area contributed by atoms with Gasteiger partial charge in [-0.05, 0) is 51.7 Å². The van der Waals surface area contributed by atoms with E-state index in [2.05, 4.69) is 15.5 Å². The van der Waals surface area contributed by atoms with Crippen molar-refractivity contribution in [3.8, 4) is 17.2 Å². The zero-order valence-electron chi connectivity index (χ0n) is 21.8. The third-order valence-electron chi connectivity index (χ3n) is 7.68. The molecular formula is C28H35N5O4. The summed E-state index contributed by atoms with van der Waals surface area (Å²) >= 11 is 0. The van der Waals surface area contributed by atoms with Gasteiger partial charge in [0.1, 0.15) is 28.6 Å². The fourth-order valence-corrected chi connectivity index (χ4v) is 5.57. The number of aromatic nitrogens is 4. The second-order valence-electron chi connectivity index (χ2n) is 10.2. The lowest BCUT2D eigenvalue weighted by molar-refractivity contribution is -0.149. The Kier molecular flexibility index (Phi) is 7.67. The molecule has 2 fully saturated rings.